The Balaban J connectivity index is 3.38. The van der Waals surface area contributed by atoms with Crippen LogP contribution in [-0.2, 0) is 9.53 Å². The lowest BCUT2D eigenvalue weighted by Crippen LogP contribution is -2.05. The largest absolute Gasteiger partial charge is 0.466 e. The summed E-state index contributed by atoms with van der Waals surface area (Å²) < 4.78 is 5.40. The van der Waals surface area contributed by atoms with Gasteiger partial charge in [0.05, 0.1) is 6.61 Å². The number of carbonyl (C=O) groups is 1. The minimum Gasteiger partial charge on any atom is -0.466 e. The smallest absolute Gasteiger partial charge is 0.305 e. The van der Waals surface area contributed by atoms with Crippen LogP contribution in [0.4, 0.5) is 0 Å². The SMILES string of the molecule is CCCCC/C=C\C/C=C\C/C=C\C/C=C\CCCC(=O)OCCCCCCCC/C=C\CCCCCCCC. The Morgan fingerprint density at radius 3 is 1.30 bits per heavy atom. The molecular weight excluding hydrogens is 488 g/mol. The Morgan fingerprint density at radius 2 is 0.775 bits per heavy atom. The van der Waals surface area contributed by atoms with E-state index in [4.69, 9.17) is 4.74 Å². The molecule has 0 aromatic carbocycles. The Kier molecular flexibility index (Phi) is 33.6. The summed E-state index contributed by atoms with van der Waals surface area (Å²) in [7, 11) is 0. The Labute approximate surface area is 250 Å². The van der Waals surface area contributed by atoms with Gasteiger partial charge in [-0.2, -0.15) is 0 Å². The molecule has 40 heavy (non-hydrogen) atoms. The first kappa shape index (κ1) is 38.2. The molecule has 0 atom stereocenters. The van der Waals surface area contributed by atoms with Gasteiger partial charge >= 0.3 is 5.97 Å². The number of rotatable bonds is 30. The van der Waals surface area contributed by atoms with Crippen LogP contribution in [0.5, 0.6) is 0 Å². The van der Waals surface area contributed by atoms with Gasteiger partial charge in [-0.05, 0) is 77.0 Å². The number of allylic oxidation sites excluding steroid dienone is 10. The van der Waals surface area contributed by atoms with Crippen LogP contribution in [0.3, 0.4) is 0 Å². The van der Waals surface area contributed by atoms with Crippen molar-refractivity contribution in [3.63, 3.8) is 0 Å². The summed E-state index contributed by atoms with van der Waals surface area (Å²) in [5, 5.41) is 0. The molecule has 0 amide bonds. The molecule has 0 aromatic rings. The first-order chi connectivity index (χ1) is 19.8. The molecule has 0 aliphatic heterocycles. The fraction of sp³-hybridized carbons (Fsp3) is 0.711. The fourth-order valence-electron chi connectivity index (χ4n) is 4.53. The van der Waals surface area contributed by atoms with Gasteiger partial charge in [0.15, 0.2) is 0 Å². The molecule has 0 aromatic heterocycles. The van der Waals surface area contributed by atoms with Crippen LogP contribution in [-0.4, -0.2) is 12.6 Å². The standard InChI is InChI=1S/C38H66O2/c1-3-5-7-9-11-13-15-17-19-21-22-24-26-28-30-32-34-36-38(39)40-37-35-33-31-29-27-25-23-20-18-16-14-12-10-8-6-4-2/h11,13,17-20,22,24,28,30H,3-10,12,14-16,21,23,25-27,29,31-37H2,1-2H3/b13-11-,19-17-,20-18-,24-22-,30-28-. The third kappa shape index (κ3) is 34.2. The molecule has 0 bridgehead atoms. The van der Waals surface area contributed by atoms with Crippen molar-refractivity contribution in [3.05, 3.63) is 60.8 Å². The number of unbranched alkanes of at least 4 members (excludes halogenated alkanes) is 16. The summed E-state index contributed by atoms with van der Waals surface area (Å²) in [5.74, 6) is -0.0383. The van der Waals surface area contributed by atoms with Crippen molar-refractivity contribution in [1.29, 1.82) is 0 Å². The zero-order valence-corrected chi connectivity index (χ0v) is 26.8. The molecule has 0 saturated heterocycles. The highest BCUT2D eigenvalue weighted by Gasteiger charge is 2.01. The maximum absolute atomic E-state index is 11.9. The number of ether oxygens (including phenoxy) is 1. The number of esters is 1. The Morgan fingerprint density at radius 1 is 0.425 bits per heavy atom. The predicted molar refractivity (Wildman–Crippen MR) is 179 cm³/mol. The summed E-state index contributed by atoms with van der Waals surface area (Å²) in [5.41, 5.74) is 0. The average Bonchev–Trinajstić information content (AvgIpc) is 2.96. The van der Waals surface area contributed by atoms with Crippen LogP contribution < -0.4 is 0 Å². The van der Waals surface area contributed by atoms with Gasteiger partial charge in [0.2, 0.25) is 0 Å². The monoisotopic (exact) mass is 555 g/mol. The average molecular weight is 555 g/mol. The number of carbonyl (C=O) groups excluding carboxylic acids is 1. The maximum Gasteiger partial charge on any atom is 0.305 e. The van der Waals surface area contributed by atoms with Crippen molar-refractivity contribution in [2.24, 2.45) is 0 Å². The normalized spacial score (nSPS) is 12.3. The summed E-state index contributed by atoms with van der Waals surface area (Å²) in [4.78, 5) is 11.9. The highest BCUT2D eigenvalue weighted by molar-refractivity contribution is 5.69. The van der Waals surface area contributed by atoms with Crippen LogP contribution in [0.1, 0.15) is 168 Å². The highest BCUT2D eigenvalue weighted by atomic mass is 16.5. The van der Waals surface area contributed by atoms with E-state index in [1.807, 2.05) is 0 Å². The van der Waals surface area contributed by atoms with Gasteiger partial charge in [0.1, 0.15) is 0 Å². The second-order valence-electron chi connectivity index (χ2n) is 11.1. The number of hydrogen-bond acceptors (Lipinski definition) is 2. The van der Waals surface area contributed by atoms with Crippen LogP contribution in [0.15, 0.2) is 60.8 Å². The molecule has 0 N–H and O–H groups in total. The van der Waals surface area contributed by atoms with Crippen LogP contribution in [0.25, 0.3) is 0 Å². The van der Waals surface area contributed by atoms with E-state index in [2.05, 4.69) is 74.6 Å². The van der Waals surface area contributed by atoms with E-state index >= 15 is 0 Å². The first-order valence-electron chi connectivity index (χ1n) is 17.2. The van der Waals surface area contributed by atoms with Crippen LogP contribution in [0, 0.1) is 0 Å². The third-order valence-electron chi connectivity index (χ3n) is 7.13. The van der Waals surface area contributed by atoms with Gasteiger partial charge in [-0.15, -0.1) is 0 Å². The van der Waals surface area contributed by atoms with Gasteiger partial charge < -0.3 is 4.74 Å². The molecule has 2 heteroatoms. The van der Waals surface area contributed by atoms with E-state index in [0.29, 0.717) is 13.0 Å². The highest BCUT2D eigenvalue weighted by Crippen LogP contribution is 2.10. The zero-order valence-electron chi connectivity index (χ0n) is 26.8. The van der Waals surface area contributed by atoms with Gasteiger partial charge in [0, 0.05) is 6.42 Å². The van der Waals surface area contributed by atoms with Crippen molar-refractivity contribution in [2.45, 2.75) is 168 Å². The molecule has 0 spiro atoms. The lowest BCUT2D eigenvalue weighted by atomic mass is 10.1. The van der Waals surface area contributed by atoms with Gasteiger partial charge in [-0.3, -0.25) is 4.79 Å². The third-order valence-corrected chi connectivity index (χ3v) is 7.13. The summed E-state index contributed by atoms with van der Waals surface area (Å²) >= 11 is 0. The van der Waals surface area contributed by atoms with Crippen LogP contribution >= 0.6 is 0 Å². The van der Waals surface area contributed by atoms with Gasteiger partial charge in [-0.1, -0.05) is 145 Å². The molecular formula is C38H66O2. The van der Waals surface area contributed by atoms with Gasteiger partial charge in [-0.25, -0.2) is 0 Å². The van der Waals surface area contributed by atoms with E-state index < -0.39 is 0 Å². The predicted octanol–water partition coefficient (Wildman–Crippen LogP) is 12.7. The lowest BCUT2D eigenvalue weighted by Gasteiger charge is -2.04. The molecule has 0 aliphatic carbocycles. The molecule has 0 rings (SSSR count). The topological polar surface area (TPSA) is 26.3 Å². The van der Waals surface area contributed by atoms with E-state index in [1.165, 1.54) is 109 Å². The molecule has 0 unspecified atom stereocenters. The maximum atomic E-state index is 11.9. The van der Waals surface area contributed by atoms with Crippen molar-refractivity contribution >= 4 is 5.97 Å². The molecule has 0 aliphatic rings. The second-order valence-corrected chi connectivity index (χ2v) is 11.1. The van der Waals surface area contributed by atoms with Crippen molar-refractivity contribution in [2.75, 3.05) is 6.61 Å². The lowest BCUT2D eigenvalue weighted by molar-refractivity contribution is -0.143. The van der Waals surface area contributed by atoms with Crippen molar-refractivity contribution in [1.82, 2.24) is 0 Å². The minimum absolute atomic E-state index is 0.0383. The molecule has 0 heterocycles. The molecule has 2 nitrogen and oxygen atoms in total. The van der Waals surface area contributed by atoms with Gasteiger partial charge in [0.25, 0.3) is 0 Å². The van der Waals surface area contributed by atoms with E-state index in [-0.39, 0.29) is 5.97 Å². The first-order valence-corrected chi connectivity index (χ1v) is 17.2. The Hall–Kier alpha value is -1.83. The van der Waals surface area contributed by atoms with Crippen molar-refractivity contribution in [3.8, 4) is 0 Å². The number of hydrogen-bond donors (Lipinski definition) is 0. The summed E-state index contributed by atoms with van der Waals surface area (Å²) in [6.45, 7) is 5.11. The van der Waals surface area contributed by atoms with Crippen LogP contribution in [0.2, 0.25) is 0 Å². The quantitative estimate of drug-likeness (QED) is 0.0501. The fourth-order valence-corrected chi connectivity index (χ4v) is 4.53. The van der Waals surface area contributed by atoms with Crippen molar-refractivity contribution < 1.29 is 9.53 Å². The second kappa shape index (κ2) is 35.2. The summed E-state index contributed by atoms with van der Waals surface area (Å²) in [6.07, 6.45) is 51.3. The van der Waals surface area contributed by atoms with E-state index in [1.54, 1.807) is 0 Å². The van der Waals surface area contributed by atoms with E-state index in [0.717, 1.165) is 38.5 Å². The molecule has 0 fully saturated rings. The minimum atomic E-state index is -0.0383. The Bertz CT molecular complexity index is 652. The summed E-state index contributed by atoms with van der Waals surface area (Å²) in [6, 6.07) is 0. The zero-order chi connectivity index (χ0) is 29.0. The van der Waals surface area contributed by atoms with E-state index in [9.17, 15) is 4.79 Å². The molecule has 0 saturated carbocycles. The molecule has 230 valence electrons. The molecule has 0 radical (unpaired) electrons.